The lowest BCUT2D eigenvalue weighted by atomic mass is 10.3. The third-order valence-electron chi connectivity index (χ3n) is 0.982. The minimum atomic E-state index is -0.487. The molecule has 0 aromatic rings. The Balaban J connectivity index is 3.79. The van der Waals surface area contributed by atoms with E-state index in [0.717, 1.165) is 6.08 Å². The molecule has 0 fully saturated rings. The molecule has 3 nitrogen and oxygen atoms in total. The molecule has 0 heterocycles. The molecule has 0 aromatic carbocycles. The molecule has 0 rings (SSSR count). The van der Waals surface area contributed by atoms with Crippen LogP contribution < -0.4 is 5.73 Å². The molecule has 1 unspecified atom stereocenters. The van der Waals surface area contributed by atoms with E-state index < -0.39 is 12.1 Å². The van der Waals surface area contributed by atoms with Gasteiger partial charge in [-0.2, -0.15) is 0 Å². The van der Waals surface area contributed by atoms with E-state index in [4.69, 9.17) is 5.73 Å². The van der Waals surface area contributed by atoms with Gasteiger partial charge in [-0.3, -0.25) is 0 Å². The lowest BCUT2D eigenvalue weighted by Crippen LogP contribution is -2.19. The molecule has 0 saturated heterocycles. The van der Waals surface area contributed by atoms with E-state index in [1.165, 1.54) is 0 Å². The van der Waals surface area contributed by atoms with E-state index in [1.807, 2.05) is 0 Å². The summed E-state index contributed by atoms with van der Waals surface area (Å²) in [6.07, 6.45) is 0.643. The van der Waals surface area contributed by atoms with Crippen LogP contribution >= 0.6 is 0 Å². The highest BCUT2D eigenvalue weighted by atomic mass is 16.5. The van der Waals surface area contributed by atoms with Crippen LogP contribution in [0.4, 0.5) is 0 Å². The topological polar surface area (TPSA) is 52.3 Å². The number of carbonyl (C=O) groups excluding carboxylic acids is 1. The third kappa shape index (κ3) is 2.91. The van der Waals surface area contributed by atoms with E-state index in [9.17, 15) is 4.79 Å². The number of esters is 1. The first-order valence-electron chi connectivity index (χ1n) is 2.85. The van der Waals surface area contributed by atoms with Gasteiger partial charge >= 0.3 is 5.97 Å². The Morgan fingerprint density at radius 2 is 2.30 bits per heavy atom. The number of rotatable bonds is 3. The summed E-state index contributed by atoms with van der Waals surface area (Å²) in [6.45, 7) is 8.28. The summed E-state index contributed by atoms with van der Waals surface area (Å²) >= 11 is 0. The van der Waals surface area contributed by atoms with Crippen LogP contribution in [0, 0.1) is 0 Å². The first kappa shape index (κ1) is 8.75. The molecule has 0 aliphatic heterocycles. The molecule has 56 valence electrons. The molecule has 10 heavy (non-hydrogen) atoms. The van der Waals surface area contributed by atoms with Crippen LogP contribution in [0.5, 0.6) is 0 Å². The summed E-state index contributed by atoms with van der Waals surface area (Å²) in [5, 5.41) is 0. The molecular weight excluding hydrogens is 130 g/mol. The van der Waals surface area contributed by atoms with Crippen molar-refractivity contribution in [3.63, 3.8) is 0 Å². The average molecular weight is 141 g/mol. The highest BCUT2D eigenvalue weighted by molar-refractivity contribution is 5.81. The van der Waals surface area contributed by atoms with Crippen LogP contribution in [0.1, 0.15) is 6.92 Å². The zero-order chi connectivity index (χ0) is 8.15. The Morgan fingerprint density at radius 1 is 1.80 bits per heavy atom. The van der Waals surface area contributed by atoms with Gasteiger partial charge in [0.05, 0.1) is 0 Å². The number of hydrogen-bond donors (Lipinski definition) is 1. The van der Waals surface area contributed by atoms with Gasteiger partial charge < -0.3 is 10.5 Å². The van der Waals surface area contributed by atoms with Crippen molar-refractivity contribution in [3.05, 3.63) is 24.9 Å². The lowest BCUT2D eigenvalue weighted by molar-refractivity contribution is -0.140. The minimum absolute atomic E-state index is 0.329. The first-order chi connectivity index (χ1) is 4.57. The Kier molecular flexibility index (Phi) is 3.25. The second-order valence-corrected chi connectivity index (χ2v) is 1.86. The van der Waals surface area contributed by atoms with Gasteiger partial charge in [-0.25, -0.2) is 4.79 Å². The highest BCUT2D eigenvalue weighted by Crippen LogP contribution is 1.97. The maximum absolute atomic E-state index is 10.5. The van der Waals surface area contributed by atoms with Gasteiger partial charge in [0.25, 0.3) is 0 Å². The zero-order valence-corrected chi connectivity index (χ0v) is 5.96. The number of nitrogens with two attached hydrogens (primary N) is 1. The molecule has 0 bridgehead atoms. The molecule has 1 atom stereocenters. The molecular formula is C7H11NO2. The fraction of sp³-hybridized carbons (Fsp3) is 0.286. The Labute approximate surface area is 60.2 Å². The molecule has 3 heteroatoms. The van der Waals surface area contributed by atoms with Gasteiger partial charge in [0.15, 0.2) is 0 Å². The average Bonchev–Trinajstić information content (AvgIpc) is 1.87. The summed E-state index contributed by atoms with van der Waals surface area (Å²) in [6, 6.07) is 0. The van der Waals surface area contributed by atoms with Gasteiger partial charge in [0, 0.05) is 11.8 Å². The van der Waals surface area contributed by atoms with E-state index in [2.05, 4.69) is 17.9 Å². The van der Waals surface area contributed by atoms with E-state index in [0.29, 0.717) is 5.70 Å². The maximum atomic E-state index is 10.5. The highest BCUT2D eigenvalue weighted by Gasteiger charge is 2.05. The van der Waals surface area contributed by atoms with Crippen molar-refractivity contribution in [3.8, 4) is 0 Å². The second-order valence-electron chi connectivity index (χ2n) is 1.86. The minimum Gasteiger partial charge on any atom is -0.453 e. The smallest absolute Gasteiger partial charge is 0.330 e. The summed E-state index contributed by atoms with van der Waals surface area (Å²) in [4.78, 5) is 10.5. The fourth-order valence-corrected chi connectivity index (χ4v) is 0.298. The maximum Gasteiger partial charge on any atom is 0.330 e. The second kappa shape index (κ2) is 3.71. The van der Waals surface area contributed by atoms with E-state index in [-0.39, 0.29) is 0 Å². The molecule has 0 aliphatic carbocycles. The summed E-state index contributed by atoms with van der Waals surface area (Å²) in [5.41, 5.74) is 5.56. The quantitative estimate of drug-likeness (QED) is 0.462. The van der Waals surface area contributed by atoms with Crippen molar-refractivity contribution in [2.75, 3.05) is 0 Å². The van der Waals surface area contributed by atoms with Crippen molar-refractivity contribution in [2.24, 2.45) is 5.73 Å². The van der Waals surface area contributed by atoms with Crippen LogP contribution in [-0.4, -0.2) is 12.1 Å². The van der Waals surface area contributed by atoms with Crippen molar-refractivity contribution < 1.29 is 9.53 Å². The molecule has 0 spiro atoms. The normalized spacial score (nSPS) is 11.7. The van der Waals surface area contributed by atoms with E-state index >= 15 is 0 Å². The molecule has 0 amide bonds. The van der Waals surface area contributed by atoms with Crippen LogP contribution in [0.25, 0.3) is 0 Å². The lowest BCUT2D eigenvalue weighted by Gasteiger charge is -2.09. The van der Waals surface area contributed by atoms with Crippen molar-refractivity contribution in [1.29, 1.82) is 0 Å². The number of carbonyl (C=O) groups is 1. The molecule has 0 aromatic heterocycles. The van der Waals surface area contributed by atoms with Crippen molar-refractivity contribution in [1.82, 2.24) is 0 Å². The SMILES string of the molecule is C=CC(=O)OC(C)C(=C)N. The van der Waals surface area contributed by atoms with Gasteiger partial charge in [-0.15, -0.1) is 0 Å². The standard InChI is InChI=1S/C7H11NO2/c1-4-7(9)10-6(3)5(2)8/h4,6H,1-2,8H2,3H3. The molecule has 0 aliphatic rings. The Morgan fingerprint density at radius 3 is 2.60 bits per heavy atom. The third-order valence-corrected chi connectivity index (χ3v) is 0.982. The van der Waals surface area contributed by atoms with Gasteiger partial charge in [0.1, 0.15) is 6.10 Å². The predicted molar refractivity (Wildman–Crippen MR) is 39.1 cm³/mol. The van der Waals surface area contributed by atoms with Crippen LogP contribution in [-0.2, 0) is 9.53 Å². The number of hydrogen-bond acceptors (Lipinski definition) is 3. The van der Waals surface area contributed by atoms with Crippen LogP contribution in [0.3, 0.4) is 0 Å². The molecule has 0 radical (unpaired) electrons. The Bertz CT molecular complexity index is 163. The molecule has 2 N–H and O–H groups in total. The molecule has 0 saturated carbocycles. The van der Waals surface area contributed by atoms with Gasteiger partial charge in [0.2, 0.25) is 0 Å². The Hall–Kier alpha value is -1.25. The summed E-state index contributed by atoms with van der Waals surface area (Å²) < 4.78 is 4.68. The summed E-state index contributed by atoms with van der Waals surface area (Å²) in [5.74, 6) is -0.487. The van der Waals surface area contributed by atoms with E-state index in [1.54, 1.807) is 6.92 Å². The summed E-state index contributed by atoms with van der Waals surface area (Å²) in [7, 11) is 0. The first-order valence-corrected chi connectivity index (χ1v) is 2.85. The van der Waals surface area contributed by atoms with Crippen LogP contribution in [0.2, 0.25) is 0 Å². The fourth-order valence-electron chi connectivity index (χ4n) is 0.298. The van der Waals surface area contributed by atoms with Gasteiger partial charge in [-0.05, 0) is 6.92 Å². The number of ether oxygens (including phenoxy) is 1. The largest absolute Gasteiger partial charge is 0.453 e. The predicted octanol–water partition coefficient (Wildman–Crippen LogP) is 0.577. The zero-order valence-electron chi connectivity index (χ0n) is 5.96. The van der Waals surface area contributed by atoms with Crippen LogP contribution in [0.15, 0.2) is 24.9 Å². The van der Waals surface area contributed by atoms with Gasteiger partial charge in [-0.1, -0.05) is 13.2 Å². The van der Waals surface area contributed by atoms with Crippen molar-refractivity contribution in [2.45, 2.75) is 13.0 Å². The van der Waals surface area contributed by atoms with Crippen molar-refractivity contribution >= 4 is 5.97 Å². The monoisotopic (exact) mass is 141 g/mol.